The van der Waals surface area contributed by atoms with Crippen molar-refractivity contribution in [2.45, 2.75) is 65.5 Å². The molecule has 0 aliphatic heterocycles. The first-order valence-electron chi connectivity index (χ1n) is 9.07. The standard InChI is InChI=1S/C20H29NO4/c1-13-9-7-11-18(15(13)3)24-12-19(22)25-16(4)20(23)21-17-10-6-5-8-14(17)2/h7,9,11,14,16-17H,5-6,8,10,12H2,1-4H3,(H,21,23)/t14-,16-,17+/m0/s1. The minimum atomic E-state index is -0.816. The van der Waals surface area contributed by atoms with Crippen LogP contribution in [0.25, 0.3) is 0 Å². The van der Waals surface area contributed by atoms with Gasteiger partial charge in [-0.1, -0.05) is 31.9 Å². The number of amides is 1. The summed E-state index contributed by atoms with van der Waals surface area (Å²) >= 11 is 0. The van der Waals surface area contributed by atoms with Crippen LogP contribution in [0.15, 0.2) is 18.2 Å². The predicted molar refractivity (Wildman–Crippen MR) is 96.5 cm³/mol. The molecule has 0 radical (unpaired) electrons. The number of ether oxygens (including phenoxy) is 2. The molecular weight excluding hydrogens is 318 g/mol. The highest BCUT2D eigenvalue weighted by molar-refractivity contribution is 5.83. The average molecular weight is 347 g/mol. The molecule has 1 N–H and O–H groups in total. The zero-order valence-corrected chi connectivity index (χ0v) is 15.6. The summed E-state index contributed by atoms with van der Waals surface area (Å²) in [5.74, 6) is 0.345. The molecule has 0 heterocycles. The average Bonchev–Trinajstić information content (AvgIpc) is 2.58. The van der Waals surface area contributed by atoms with Crippen LogP contribution in [0.2, 0.25) is 0 Å². The zero-order valence-electron chi connectivity index (χ0n) is 15.6. The maximum Gasteiger partial charge on any atom is 0.344 e. The lowest BCUT2D eigenvalue weighted by molar-refractivity contribution is -0.157. The molecule has 1 aromatic rings. The number of rotatable bonds is 6. The van der Waals surface area contributed by atoms with Crippen LogP contribution in [0.1, 0.15) is 50.7 Å². The summed E-state index contributed by atoms with van der Waals surface area (Å²) in [6, 6.07) is 5.85. The highest BCUT2D eigenvalue weighted by Gasteiger charge is 2.26. The van der Waals surface area contributed by atoms with Gasteiger partial charge in [-0.2, -0.15) is 0 Å². The van der Waals surface area contributed by atoms with Crippen molar-refractivity contribution in [2.24, 2.45) is 5.92 Å². The Labute approximate surface area is 150 Å². The van der Waals surface area contributed by atoms with E-state index in [0.717, 1.165) is 30.4 Å². The number of carbonyl (C=O) groups excluding carboxylic acids is 2. The fourth-order valence-electron chi connectivity index (χ4n) is 3.13. The van der Waals surface area contributed by atoms with E-state index >= 15 is 0 Å². The fourth-order valence-corrected chi connectivity index (χ4v) is 3.13. The van der Waals surface area contributed by atoms with Gasteiger partial charge in [-0.05, 0) is 56.7 Å². The van der Waals surface area contributed by atoms with Crippen molar-refractivity contribution in [1.82, 2.24) is 5.32 Å². The molecule has 1 amide bonds. The summed E-state index contributed by atoms with van der Waals surface area (Å²) in [5.41, 5.74) is 2.09. The van der Waals surface area contributed by atoms with E-state index in [0.29, 0.717) is 11.7 Å². The van der Waals surface area contributed by atoms with E-state index in [-0.39, 0.29) is 18.6 Å². The molecule has 1 saturated carbocycles. The molecule has 1 aliphatic rings. The maximum atomic E-state index is 12.2. The van der Waals surface area contributed by atoms with E-state index in [9.17, 15) is 9.59 Å². The van der Waals surface area contributed by atoms with E-state index in [1.54, 1.807) is 6.92 Å². The highest BCUT2D eigenvalue weighted by atomic mass is 16.6. The summed E-state index contributed by atoms with van der Waals surface area (Å²) in [7, 11) is 0. The van der Waals surface area contributed by atoms with Gasteiger partial charge in [0.1, 0.15) is 5.75 Å². The second-order valence-corrected chi connectivity index (χ2v) is 7.00. The van der Waals surface area contributed by atoms with E-state index in [1.165, 1.54) is 6.42 Å². The van der Waals surface area contributed by atoms with Crippen molar-refractivity contribution in [3.63, 3.8) is 0 Å². The van der Waals surface area contributed by atoms with Crippen LogP contribution in [-0.4, -0.2) is 30.6 Å². The Kier molecular flexibility index (Phi) is 6.85. The maximum absolute atomic E-state index is 12.2. The molecule has 1 fully saturated rings. The second-order valence-electron chi connectivity index (χ2n) is 7.00. The van der Waals surface area contributed by atoms with Gasteiger partial charge in [-0.15, -0.1) is 0 Å². The van der Waals surface area contributed by atoms with Crippen molar-refractivity contribution in [3.05, 3.63) is 29.3 Å². The Hall–Kier alpha value is -2.04. The van der Waals surface area contributed by atoms with Gasteiger partial charge < -0.3 is 14.8 Å². The molecule has 25 heavy (non-hydrogen) atoms. The number of nitrogens with one attached hydrogen (secondary N) is 1. The van der Waals surface area contributed by atoms with Gasteiger partial charge in [-0.3, -0.25) is 4.79 Å². The van der Waals surface area contributed by atoms with Gasteiger partial charge in [0.15, 0.2) is 12.7 Å². The lowest BCUT2D eigenvalue weighted by Gasteiger charge is -2.30. The molecule has 0 aromatic heterocycles. The summed E-state index contributed by atoms with van der Waals surface area (Å²) in [6.07, 6.45) is 3.65. The SMILES string of the molecule is Cc1cccc(OCC(=O)O[C@@H](C)C(=O)N[C@@H]2CCCC[C@@H]2C)c1C. The smallest absolute Gasteiger partial charge is 0.344 e. The van der Waals surface area contributed by atoms with E-state index < -0.39 is 12.1 Å². The Morgan fingerprint density at radius 3 is 2.68 bits per heavy atom. The number of carbonyl (C=O) groups is 2. The fraction of sp³-hybridized carbons (Fsp3) is 0.600. The van der Waals surface area contributed by atoms with Gasteiger partial charge in [0.05, 0.1) is 0 Å². The number of aryl methyl sites for hydroxylation is 1. The minimum Gasteiger partial charge on any atom is -0.482 e. The molecular formula is C20H29NO4. The zero-order chi connectivity index (χ0) is 18.4. The van der Waals surface area contributed by atoms with E-state index in [2.05, 4.69) is 12.2 Å². The molecule has 2 rings (SSSR count). The third kappa shape index (κ3) is 5.48. The number of hydrogen-bond donors (Lipinski definition) is 1. The van der Waals surface area contributed by atoms with Crippen LogP contribution in [0.5, 0.6) is 5.75 Å². The third-order valence-corrected chi connectivity index (χ3v) is 5.02. The van der Waals surface area contributed by atoms with Crippen molar-refractivity contribution >= 4 is 11.9 Å². The molecule has 0 bridgehead atoms. The summed E-state index contributed by atoms with van der Waals surface area (Å²) < 4.78 is 10.7. The topological polar surface area (TPSA) is 64.6 Å². The van der Waals surface area contributed by atoms with Gasteiger partial charge in [0, 0.05) is 6.04 Å². The van der Waals surface area contributed by atoms with Gasteiger partial charge in [-0.25, -0.2) is 4.79 Å². The Morgan fingerprint density at radius 1 is 1.24 bits per heavy atom. The molecule has 0 spiro atoms. The van der Waals surface area contributed by atoms with Crippen LogP contribution in [0.3, 0.4) is 0 Å². The first-order chi connectivity index (χ1) is 11.9. The number of esters is 1. The van der Waals surface area contributed by atoms with Crippen LogP contribution in [0.4, 0.5) is 0 Å². The van der Waals surface area contributed by atoms with Crippen molar-refractivity contribution in [3.8, 4) is 5.75 Å². The van der Waals surface area contributed by atoms with Gasteiger partial charge in [0.2, 0.25) is 0 Å². The molecule has 5 nitrogen and oxygen atoms in total. The largest absolute Gasteiger partial charge is 0.482 e. The Balaban J connectivity index is 1.79. The summed E-state index contributed by atoms with van der Waals surface area (Å²) in [4.78, 5) is 24.2. The van der Waals surface area contributed by atoms with Crippen LogP contribution < -0.4 is 10.1 Å². The minimum absolute atomic E-state index is 0.175. The molecule has 3 atom stereocenters. The monoisotopic (exact) mass is 347 g/mol. The lowest BCUT2D eigenvalue weighted by Crippen LogP contribution is -2.46. The van der Waals surface area contributed by atoms with Crippen LogP contribution in [0, 0.1) is 19.8 Å². The van der Waals surface area contributed by atoms with E-state index in [1.807, 2.05) is 32.0 Å². The van der Waals surface area contributed by atoms with Gasteiger partial charge >= 0.3 is 5.97 Å². The van der Waals surface area contributed by atoms with Crippen molar-refractivity contribution < 1.29 is 19.1 Å². The summed E-state index contributed by atoms with van der Waals surface area (Å²) in [6.45, 7) is 7.47. The first kappa shape index (κ1) is 19.3. The quantitative estimate of drug-likeness (QED) is 0.802. The van der Waals surface area contributed by atoms with Crippen LogP contribution in [-0.2, 0) is 14.3 Å². The molecule has 5 heteroatoms. The molecule has 0 saturated heterocycles. The third-order valence-electron chi connectivity index (χ3n) is 5.02. The highest BCUT2D eigenvalue weighted by Crippen LogP contribution is 2.24. The number of benzene rings is 1. The predicted octanol–water partition coefficient (Wildman–Crippen LogP) is 3.31. The van der Waals surface area contributed by atoms with Crippen LogP contribution >= 0.6 is 0 Å². The number of hydrogen-bond acceptors (Lipinski definition) is 4. The first-order valence-corrected chi connectivity index (χ1v) is 9.07. The molecule has 138 valence electrons. The molecule has 1 aliphatic carbocycles. The molecule has 0 unspecified atom stereocenters. The Bertz CT molecular complexity index is 614. The second kappa shape index (κ2) is 8.88. The van der Waals surface area contributed by atoms with E-state index in [4.69, 9.17) is 9.47 Å². The summed E-state index contributed by atoms with van der Waals surface area (Å²) in [5, 5.41) is 3.01. The lowest BCUT2D eigenvalue weighted by atomic mass is 9.86. The molecule has 1 aromatic carbocycles. The van der Waals surface area contributed by atoms with Crippen molar-refractivity contribution in [1.29, 1.82) is 0 Å². The normalized spacial score (nSPS) is 21.3. The van der Waals surface area contributed by atoms with Gasteiger partial charge in [0.25, 0.3) is 5.91 Å². The van der Waals surface area contributed by atoms with Crippen molar-refractivity contribution in [2.75, 3.05) is 6.61 Å². The Morgan fingerprint density at radius 2 is 1.96 bits per heavy atom.